The first-order chi connectivity index (χ1) is 11.5. The zero-order valence-electron chi connectivity index (χ0n) is 13.2. The van der Waals surface area contributed by atoms with Crippen LogP contribution in [-0.2, 0) is 0 Å². The highest BCUT2D eigenvalue weighted by Crippen LogP contribution is 2.30. The van der Waals surface area contributed by atoms with Crippen molar-refractivity contribution >= 4 is 23.2 Å². The van der Waals surface area contributed by atoms with Crippen molar-refractivity contribution in [1.29, 1.82) is 0 Å². The molecule has 1 amide bonds. The van der Waals surface area contributed by atoms with Crippen molar-refractivity contribution in [2.75, 3.05) is 18.5 Å². The largest absolute Gasteiger partial charge is 0.494 e. The molecule has 0 atom stereocenters. The molecule has 2 rings (SSSR count). The average molecular weight is 356 g/mol. The molecular formula is C17H16ClF2NO3. The van der Waals surface area contributed by atoms with Crippen molar-refractivity contribution < 1.29 is 23.0 Å². The van der Waals surface area contributed by atoms with Gasteiger partial charge in [0, 0.05) is 6.07 Å². The number of carbonyl (C=O) groups excluding carboxylic acids is 1. The van der Waals surface area contributed by atoms with Gasteiger partial charge in [-0.3, -0.25) is 4.79 Å². The van der Waals surface area contributed by atoms with Crippen LogP contribution < -0.4 is 14.8 Å². The van der Waals surface area contributed by atoms with Crippen molar-refractivity contribution in [3.63, 3.8) is 0 Å². The fraction of sp³-hybridized carbons (Fsp3) is 0.235. The molecule has 128 valence electrons. The molecule has 24 heavy (non-hydrogen) atoms. The highest BCUT2D eigenvalue weighted by atomic mass is 35.5. The Kier molecular flexibility index (Phi) is 5.98. The third kappa shape index (κ3) is 4.14. The Balaban J connectivity index is 2.33. The Labute approximate surface area is 143 Å². The number of halogens is 3. The minimum absolute atomic E-state index is 0.181. The van der Waals surface area contributed by atoms with E-state index in [1.165, 1.54) is 0 Å². The molecule has 0 aliphatic heterocycles. The van der Waals surface area contributed by atoms with E-state index in [0.717, 1.165) is 12.1 Å². The summed E-state index contributed by atoms with van der Waals surface area (Å²) in [6.07, 6.45) is 0. The lowest BCUT2D eigenvalue weighted by molar-refractivity contribution is 0.102. The molecule has 0 aliphatic rings. The first kappa shape index (κ1) is 18.0. The molecule has 1 N–H and O–H groups in total. The van der Waals surface area contributed by atoms with Crippen LogP contribution in [0.4, 0.5) is 14.5 Å². The van der Waals surface area contributed by atoms with Crippen molar-refractivity contribution in [2.24, 2.45) is 0 Å². The molecule has 0 spiro atoms. The third-order valence-corrected chi connectivity index (χ3v) is 3.38. The van der Waals surface area contributed by atoms with Gasteiger partial charge in [0.1, 0.15) is 11.5 Å². The van der Waals surface area contributed by atoms with E-state index >= 15 is 0 Å². The van der Waals surface area contributed by atoms with Crippen molar-refractivity contribution in [3.05, 3.63) is 52.6 Å². The average Bonchev–Trinajstić information content (AvgIpc) is 2.53. The maximum atomic E-state index is 13.4. The zero-order valence-corrected chi connectivity index (χ0v) is 13.9. The summed E-state index contributed by atoms with van der Waals surface area (Å²) in [7, 11) is 0. The maximum absolute atomic E-state index is 13.4. The van der Waals surface area contributed by atoms with Crippen LogP contribution in [0.1, 0.15) is 24.2 Å². The van der Waals surface area contributed by atoms with Gasteiger partial charge >= 0.3 is 0 Å². The van der Waals surface area contributed by atoms with E-state index in [-0.39, 0.29) is 10.6 Å². The molecule has 4 nitrogen and oxygen atoms in total. The lowest BCUT2D eigenvalue weighted by Gasteiger charge is -2.14. The summed E-state index contributed by atoms with van der Waals surface area (Å²) >= 11 is 5.82. The summed E-state index contributed by atoms with van der Waals surface area (Å²) in [5, 5.41) is 2.39. The third-order valence-electron chi connectivity index (χ3n) is 3.06. The number of ether oxygens (including phenoxy) is 2. The Morgan fingerprint density at radius 1 is 1.08 bits per heavy atom. The molecule has 0 aliphatic carbocycles. The first-order valence-corrected chi connectivity index (χ1v) is 7.69. The quantitative estimate of drug-likeness (QED) is 0.766. The predicted molar refractivity (Wildman–Crippen MR) is 88.1 cm³/mol. The van der Waals surface area contributed by atoms with Crippen LogP contribution in [0.25, 0.3) is 0 Å². The van der Waals surface area contributed by atoms with Gasteiger partial charge in [-0.1, -0.05) is 11.6 Å². The molecule has 2 aromatic carbocycles. The minimum Gasteiger partial charge on any atom is -0.494 e. The van der Waals surface area contributed by atoms with Gasteiger partial charge in [0.05, 0.1) is 29.5 Å². The number of anilines is 1. The summed E-state index contributed by atoms with van der Waals surface area (Å²) in [5.41, 5.74) is 0.161. The maximum Gasteiger partial charge on any atom is 0.257 e. The Bertz CT molecular complexity index is 753. The lowest BCUT2D eigenvalue weighted by Crippen LogP contribution is -2.14. The Hall–Kier alpha value is -2.34. The van der Waals surface area contributed by atoms with Gasteiger partial charge in [0.15, 0.2) is 11.6 Å². The van der Waals surface area contributed by atoms with Gasteiger partial charge in [0.2, 0.25) is 0 Å². The highest BCUT2D eigenvalue weighted by molar-refractivity contribution is 6.34. The second-order valence-electron chi connectivity index (χ2n) is 4.72. The monoisotopic (exact) mass is 355 g/mol. The molecule has 0 bridgehead atoms. The number of rotatable bonds is 6. The molecule has 0 unspecified atom stereocenters. The van der Waals surface area contributed by atoms with E-state index in [9.17, 15) is 13.6 Å². The lowest BCUT2D eigenvalue weighted by atomic mass is 10.2. The molecule has 0 saturated heterocycles. The number of amides is 1. The van der Waals surface area contributed by atoms with E-state index in [4.69, 9.17) is 21.1 Å². The molecular weight excluding hydrogens is 340 g/mol. The van der Waals surface area contributed by atoms with E-state index in [2.05, 4.69) is 5.32 Å². The van der Waals surface area contributed by atoms with Gasteiger partial charge in [-0.2, -0.15) is 0 Å². The molecule has 0 saturated carbocycles. The predicted octanol–water partition coefficient (Wildman–Crippen LogP) is 4.67. The summed E-state index contributed by atoms with van der Waals surface area (Å²) in [4.78, 5) is 12.3. The molecule has 0 heterocycles. The highest BCUT2D eigenvalue weighted by Gasteiger charge is 2.17. The topological polar surface area (TPSA) is 47.6 Å². The summed E-state index contributed by atoms with van der Waals surface area (Å²) in [6.45, 7) is 4.48. The van der Waals surface area contributed by atoms with Crippen molar-refractivity contribution in [1.82, 2.24) is 0 Å². The van der Waals surface area contributed by atoms with Crippen LogP contribution in [0, 0.1) is 11.6 Å². The molecule has 0 radical (unpaired) electrons. The number of hydrogen-bond acceptors (Lipinski definition) is 3. The van der Waals surface area contributed by atoms with Crippen LogP contribution in [-0.4, -0.2) is 19.1 Å². The fourth-order valence-electron chi connectivity index (χ4n) is 2.03. The van der Waals surface area contributed by atoms with E-state index in [1.54, 1.807) is 25.1 Å². The van der Waals surface area contributed by atoms with Crippen LogP contribution in [0.3, 0.4) is 0 Å². The van der Waals surface area contributed by atoms with Gasteiger partial charge in [-0.15, -0.1) is 0 Å². The minimum atomic E-state index is -1.15. The summed E-state index contributed by atoms with van der Waals surface area (Å²) in [6, 6.07) is 6.44. The van der Waals surface area contributed by atoms with Crippen molar-refractivity contribution in [3.8, 4) is 11.5 Å². The number of hydrogen-bond donors (Lipinski definition) is 1. The van der Waals surface area contributed by atoms with Crippen LogP contribution >= 0.6 is 11.6 Å². The Morgan fingerprint density at radius 2 is 1.75 bits per heavy atom. The number of carbonyl (C=O) groups is 1. The van der Waals surface area contributed by atoms with E-state index in [1.807, 2.05) is 6.92 Å². The second-order valence-corrected chi connectivity index (χ2v) is 5.13. The first-order valence-electron chi connectivity index (χ1n) is 7.31. The standard InChI is InChI=1S/C17H16ClF2NO3/c1-3-23-10-5-6-16(24-4-2)15(7-10)21-17(22)11-8-13(19)14(20)9-12(11)18/h5-9H,3-4H2,1-2H3,(H,21,22). The fourth-order valence-corrected chi connectivity index (χ4v) is 2.27. The van der Waals surface area contributed by atoms with Crippen LogP contribution in [0.2, 0.25) is 5.02 Å². The van der Waals surface area contributed by atoms with E-state index in [0.29, 0.717) is 30.4 Å². The zero-order chi connectivity index (χ0) is 17.7. The Morgan fingerprint density at radius 3 is 2.42 bits per heavy atom. The summed E-state index contributed by atoms with van der Waals surface area (Å²) < 4.78 is 37.3. The normalized spacial score (nSPS) is 10.4. The molecule has 2 aromatic rings. The SMILES string of the molecule is CCOc1ccc(OCC)c(NC(=O)c2cc(F)c(F)cc2Cl)c1. The smallest absolute Gasteiger partial charge is 0.257 e. The van der Waals surface area contributed by atoms with Gasteiger partial charge in [-0.05, 0) is 38.1 Å². The number of nitrogens with one attached hydrogen (secondary N) is 1. The van der Waals surface area contributed by atoms with Crippen LogP contribution in [0.15, 0.2) is 30.3 Å². The van der Waals surface area contributed by atoms with Gasteiger partial charge in [0.25, 0.3) is 5.91 Å². The van der Waals surface area contributed by atoms with Gasteiger partial charge in [-0.25, -0.2) is 8.78 Å². The molecule has 0 fully saturated rings. The van der Waals surface area contributed by atoms with Crippen molar-refractivity contribution in [2.45, 2.75) is 13.8 Å². The van der Waals surface area contributed by atoms with Crippen LogP contribution in [0.5, 0.6) is 11.5 Å². The van der Waals surface area contributed by atoms with E-state index < -0.39 is 17.5 Å². The van der Waals surface area contributed by atoms with Gasteiger partial charge < -0.3 is 14.8 Å². The molecule has 7 heteroatoms. The second kappa shape index (κ2) is 7.97. The molecule has 0 aromatic heterocycles. The number of benzene rings is 2. The summed E-state index contributed by atoms with van der Waals surface area (Å²) in [5.74, 6) is -2.00.